The van der Waals surface area contributed by atoms with E-state index in [0.717, 1.165) is 30.9 Å². The molecule has 0 saturated heterocycles. The number of amides is 1. The molecule has 0 unspecified atom stereocenters. The lowest BCUT2D eigenvalue weighted by Gasteiger charge is -2.18. The molecule has 0 atom stereocenters. The van der Waals surface area contributed by atoms with Gasteiger partial charge in [-0.15, -0.1) is 0 Å². The van der Waals surface area contributed by atoms with Crippen molar-refractivity contribution < 1.29 is 9.18 Å². The molecule has 150 valence electrons. The van der Waals surface area contributed by atoms with E-state index < -0.39 is 0 Å². The average Bonchev–Trinajstić information content (AvgIpc) is 2.68. The first kappa shape index (κ1) is 21.8. The van der Waals surface area contributed by atoms with Crippen molar-refractivity contribution in [1.29, 1.82) is 0 Å². The summed E-state index contributed by atoms with van der Waals surface area (Å²) in [5, 5.41) is 9.30. The van der Waals surface area contributed by atoms with E-state index in [0.29, 0.717) is 22.9 Å². The van der Waals surface area contributed by atoms with E-state index in [2.05, 4.69) is 34.7 Å². The number of rotatable bonds is 8. The van der Waals surface area contributed by atoms with Gasteiger partial charge in [0.05, 0.1) is 0 Å². The number of hydrogen-bond donors (Lipinski definition) is 3. The molecule has 2 aromatic carbocycles. The van der Waals surface area contributed by atoms with Crippen LogP contribution in [0.1, 0.15) is 29.8 Å². The Hall–Kier alpha value is -2.51. The highest BCUT2D eigenvalue weighted by atomic mass is 32.1. The zero-order valence-electron chi connectivity index (χ0n) is 16.5. The molecule has 1 amide bonds. The highest BCUT2D eigenvalue weighted by Crippen LogP contribution is 2.17. The summed E-state index contributed by atoms with van der Waals surface area (Å²) in [6.07, 6.45) is 0. The van der Waals surface area contributed by atoms with Crippen molar-refractivity contribution in [1.82, 2.24) is 10.2 Å². The number of anilines is 2. The van der Waals surface area contributed by atoms with E-state index in [1.807, 2.05) is 6.92 Å². The smallest absolute Gasteiger partial charge is 0.251 e. The summed E-state index contributed by atoms with van der Waals surface area (Å²) in [5.74, 6) is -0.429. The number of carbonyl (C=O) groups is 1. The summed E-state index contributed by atoms with van der Waals surface area (Å²) in [5.41, 5.74) is 2.83. The monoisotopic (exact) mass is 402 g/mol. The summed E-state index contributed by atoms with van der Waals surface area (Å²) in [6.45, 7) is 9.46. The first-order chi connectivity index (χ1) is 13.4. The standard InChI is InChI=1S/C21H27FN4OS/c1-4-26(5-2)13-12-23-20(27)16-7-10-18(11-8-16)24-21(28)25-19-14-17(22)9-6-15(19)3/h6-11,14H,4-5,12-13H2,1-3H3,(H,23,27)(H2,24,25,28). The largest absolute Gasteiger partial charge is 0.351 e. The van der Waals surface area contributed by atoms with Crippen molar-refractivity contribution >= 4 is 34.6 Å². The Morgan fingerprint density at radius 1 is 1.07 bits per heavy atom. The molecule has 0 aromatic heterocycles. The predicted molar refractivity (Wildman–Crippen MR) is 118 cm³/mol. The molecule has 5 nitrogen and oxygen atoms in total. The minimum Gasteiger partial charge on any atom is -0.351 e. The summed E-state index contributed by atoms with van der Waals surface area (Å²) in [4.78, 5) is 14.5. The Morgan fingerprint density at radius 2 is 1.75 bits per heavy atom. The van der Waals surface area contributed by atoms with E-state index in [9.17, 15) is 9.18 Å². The third-order valence-corrected chi connectivity index (χ3v) is 4.66. The average molecular weight is 403 g/mol. The van der Waals surface area contributed by atoms with Gasteiger partial charge in [-0.25, -0.2) is 4.39 Å². The molecule has 28 heavy (non-hydrogen) atoms. The molecular formula is C21H27FN4OS. The van der Waals surface area contributed by atoms with Crippen LogP contribution in [0.3, 0.4) is 0 Å². The first-order valence-corrected chi connectivity index (χ1v) is 9.78. The third kappa shape index (κ3) is 6.58. The SMILES string of the molecule is CCN(CC)CCNC(=O)c1ccc(NC(=S)Nc2cc(F)ccc2C)cc1. The fourth-order valence-electron chi connectivity index (χ4n) is 2.69. The van der Waals surface area contributed by atoms with Crippen LogP contribution in [0.5, 0.6) is 0 Å². The van der Waals surface area contributed by atoms with Crippen LogP contribution in [0.25, 0.3) is 0 Å². The number of carbonyl (C=O) groups excluding carboxylic acids is 1. The van der Waals surface area contributed by atoms with Crippen LogP contribution >= 0.6 is 12.2 Å². The molecule has 0 saturated carbocycles. The van der Waals surface area contributed by atoms with Gasteiger partial charge in [0.25, 0.3) is 5.91 Å². The van der Waals surface area contributed by atoms with Crippen LogP contribution in [-0.4, -0.2) is 42.1 Å². The van der Waals surface area contributed by atoms with Gasteiger partial charge in [-0.2, -0.15) is 0 Å². The van der Waals surface area contributed by atoms with E-state index >= 15 is 0 Å². The first-order valence-electron chi connectivity index (χ1n) is 9.37. The van der Waals surface area contributed by atoms with Gasteiger partial charge < -0.3 is 20.9 Å². The van der Waals surface area contributed by atoms with Crippen molar-refractivity contribution in [2.24, 2.45) is 0 Å². The minimum atomic E-state index is -0.327. The number of aryl methyl sites for hydroxylation is 1. The van der Waals surface area contributed by atoms with Gasteiger partial charge in [-0.3, -0.25) is 4.79 Å². The molecule has 0 radical (unpaired) electrons. The van der Waals surface area contributed by atoms with Crippen molar-refractivity contribution in [3.8, 4) is 0 Å². The molecule has 2 rings (SSSR count). The number of halogens is 1. The van der Waals surface area contributed by atoms with Crippen molar-refractivity contribution in [2.45, 2.75) is 20.8 Å². The van der Waals surface area contributed by atoms with E-state index in [1.165, 1.54) is 12.1 Å². The van der Waals surface area contributed by atoms with Gasteiger partial charge in [-0.1, -0.05) is 19.9 Å². The molecule has 7 heteroatoms. The van der Waals surface area contributed by atoms with Gasteiger partial charge in [0, 0.05) is 30.0 Å². The topological polar surface area (TPSA) is 56.4 Å². The normalized spacial score (nSPS) is 10.6. The number of thiocarbonyl (C=S) groups is 1. The second-order valence-corrected chi connectivity index (χ2v) is 6.81. The highest BCUT2D eigenvalue weighted by Gasteiger charge is 2.07. The maximum Gasteiger partial charge on any atom is 0.251 e. The summed E-state index contributed by atoms with van der Waals surface area (Å²) < 4.78 is 13.4. The van der Waals surface area contributed by atoms with Gasteiger partial charge in [0.15, 0.2) is 5.11 Å². The molecule has 2 aromatic rings. The van der Waals surface area contributed by atoms with Crippen molar-refractivity contribution in [3.63, 3.8) is 0 Å². The fraction of sp³-hybridized carbons (Fsp3) is 0.333. The van der Waals surface area contributed by atoms with Crippen LogP contribution in [0.2, 0.25) is 0 Å². The number of benzene rings is 2. The molecule has 0 spiro atoms. The van der Waals surface area contributed by atoms with Crippen LogP contribution in [-0.2, 0) is 0 Å². The fourth-order valence-corrected chi connectivity index (χ4v) is 2.92. The van der Waals surface area contributed by atoms with Crippen molar-refractivity contribution in [2.75, 3.05) is 36.8 Å². The highest BCUT2D eigenvalue weighted by molar-refractivity contribution is 7.80. The Kier molecular flexibility index (Phi) is 8.35. The van der Waals surface area contributed by atoms with E-state index in [-0.39, 0.29) is 11.7 Å². The van der Waals surface area contributed by atoms with Crippen LogP contribution < -0.4 is 16.0 Å². The molecule has 0 aliphatic carbocycles. The van der Waals surface area contributed by atoms with Gasteiger partial charge in [0.2, 0.25) is 0 Å². The number of nitrogens with one attached hydrogen (secondary N) is 3. The van der Waals surface area contributed by atoms with Gasteiger partial charge >= 0.3 is 0 Å². The number of nitrogens with zero attached hydrogens (tertiary/aromatic N) is 1. The Morgan fingerprint density at radius 3 is 2.39 bits per heavy atom. The van der Waals surface area contributed by atoms with E-state index in [4.69, 9.17) is 12.2 Å². The zero-order valence-corrected chi connectivity index (χ0v) is 17.3. The third-order valence-electron chi connectivity index (χ3n) is 4.46. The van der Waals surface area contributed by atoms with Gasteiger partial charge in [0.1, 0.15) is 5.82 Å². The summed E-state index contributed by atoms with van der Waals surface area (Å²) in [7, 11) is 0. The Labute approximate surface area is 171 Å². The lowest BCUT2D eigenvalue weighted by atomic mass is 10.2. The minimum absolute atomic E-state index is 0.102. The lowest BCUT2D eigenvalue weighted by molar-refractivity contribution is 0.0949. The molecule has 0 heterocycles. The Bertz CT molecular complexity index is 807. The van der Waals surface area contributed by atoms with Crippen molar-refractivity contribution in [3.05, 3.63) is 59.4 Å². The molecular weight excluding hydrogens is 375 g/mol. The quantitative estimate of drug-likeness (QED) is 0.583. The second-order valence-electron chi connectivity index (χ2n) is 6.40. The van der Waals surface area contributed by atoms with Crippen LogP contribution in [0, 0.1) is 12.7 Å². The van der Waals surface area contributed by atoms with E-state index in [1.54, 1.807) is 30.3 Å². The molecule has 0 aliphatic rings. The molecule has 3 N–H and O–H groups in total. The maximum absolute atomic E-state index is 13.4. The van der Waals surface area contributed by atoms with Crippen LogP contribution in [0.15, 0.2) is 42.5 Å². The summed E-state index contributed by atoms with van der Waals surface area (Å²) in [6, 6.07) is 11.5. The van der Waals surface area contributed by atoms with Crippen LogP contribution in [0.4, 0.5) is 15.8 Å². The lowest BCUT2D eigenvalue weighted by Crippen LogP contribution is -2.34. The summed E-state index contributed by atoms with van der Waals surface area (Å²) >= 11 is 5.28. The van der Waals surface area contributed by atoms with Gasteiger partial charge in [-0.05, 0) is 74.2 Å². The second kappa shape index (κ2) is 10.7. The number of hydrogen-bond acceptors (Lipinski definition) is 3. The Balaban J connectivity index is 1.87. The molecule has 0 aliphatic heterocycles. The predicted octanol–water partition coefficient (Wildman–Crippen LogP) is 4.01. The molecule has 0 bridgehead atoms. The zero-order chi connectivity index (χ0) is 20.5. The maximum atomic E-state index is 13.4. The molecule has 0 fully saturated rings. The number of likely N-dealkylation sites (N-methyl/N-ethyl adjacent to an activating group) is 1.